The molecule has 148 valence electrons. The van der Waals surface area contributed by atoms with Gasteiger partial charge in [-0.25, -0.2) is 4.39 Å². The van der Waals surface area contributed by atoms with Gasteiger partial charge in [0.1, 0.15) is 5.82 Å². The summed E-state index contributed by atoms with van der Waals surface area (Å²) in [7, 11) is 3.68. The monoisotopic (exact) mass is 380 g/mol. The summed E-state index contributed by atoms with van der Waals surface area (Å²) in [5, 5.41) is 0. The second-order valence-corrected chi connectivity index (χ2v) is 8.66. The summed E-state index contributed by atoms with van der Waals surface area (Å²) < 4.78 is 13.1. The Bertz CT molecular complexity index is 838. The van der Waals surface area contributed by atoms with Crippen molar-refractivity contribution < 1.29 is 9.18 Å². The van der Waals surface area contributed by atoms with Gasteiger partial charge < -0.3 is 4.90 Å². The maximum absolute atomic E-state index is 13.1. The van der Waals surface area contributed by atoms with Gasteiger partial charge in [-0.05, 0) is 72.5 Å². The molecule has 2 aromatic rings. The van der Waals surface area contributed by atoms with Crippen molar-refractivity contribution in [1.82, 2.24) is 9.80 Å². The van der Waals surface area contributed by atoms with E-state index in [1.807, 2.05) is 26.2 Å². The van der Waals surface area contributed by atoms with E-state index in [1.165, 1.54) is 16.7 Å². The van der Waals surface area contributed by atoms with Gasteiger partial charge in [-0.2, -0.15) is 0 Å². The minimum Gasteiger partial charge on any atom is -0.349 e. The molecule has 28 heavy (non-hydrogen) atoms. The van der Waals surface area contributed by atoms with E-state index < -0.39 is 0 Å². The smallest absolute Gasteiger partial charge is 0.222 e. The number of amides is 1. The molecule has 1 heterocycles. The molecule has 0 N–H and O–H groups in total. The van der Waals surface area contributed by atoms with Crippen LogP contribution in [0.25, 0.3) is 0 Å². The molecule has 0 saturated carbocycles. The molecule has 2 aromatic carbocycles. The third-order valence-electron chi connectivity index (χ3n) is 6.66. The number of fused-ring (bicyclic) bond motifs is 2. The Hall–Kier alpha value is -2.20. The average molecular weight is 381 g/mol. The summed E-state index contributed by atoms with van der Waals surface area (Å²) in [6.07, 6.45) is 3.93. The van der Waals surface area contributed by atoms with Crippen molar-refractivity contribution >= 4 is 5.91 Å². The normalized spacial score (nSPS) is 20.9. The van der Waals surface area contributed by atoms with E-state index in [0.29, 0.717) is 12.3 Å². The van der Waals surface area contributed by atoms with Gasteiger partial charge in [0.05, 0.1) is 0 Å². The molecule has 0 bridgehead atoms. The fourth-order valence-electron chi connectivity index (χ4n) is 5.06. The van der Waals surface area contributed by atoms with Crippen LogP contribution < -0.4 is 0 Å². The number of nitrogens with zero attached hydrogens (tertiary/aromatic N) is 2. The lowest BCUT2D eigenvalue weighted by atomic mass is 9.73. The Labute approximate surface area is 167 Å². The lowest BCUT2D eigenvalue weighted by molar-refractivity contribution is -0.129. The zero-order valence-corrected chi connectivity index (χ0v) is 16.8. The van der Waals surface area contributed by atoms with E-state index in [9.17, 15) is 9.18 Å². The van der Waals surface area contributed by atoms with Crippen LogP contribution in [0, 0.1) is 5.82 Å². The van der Waals surface area contributed by atoms with Crippen LogP contribution in [0.5, 0.6) is 0 Å². The fourth-order valence-corrected chi connectivity index (χ4v) is 5.06. The van der Waals surface area contributed by atoms with Gasteiger partial charge in [0.2, 0.25) is 5.91 Å². The molecule has 1 amide bonds. The lowest BCUT2D eigenvalue weighted by Crippen LogP contribution is -2.41. The van der Waals surface area contributed by atoms with Gasteiger partial charge in [0, 0.05) is 27.1 Å². The predicted molar refractivity (Wildman–Crippen MR) is 110 cm³/mol. The molecule has 1 atom stereocenters. The molecular formula is C24H29FN2O. The summed E-state index contributed by atoms with van der Waals surface area (Å²) in [5.41, 5.74) is 4.21. The maximum Gasteiger partial charge on any atom is 0.222 e. The fraction of sp³-hybridized carbons (Fsp3) is 0.458. The number of hydrogen-bond donors (Lipinski definition) is 0. The van der Waals surface area contributed by atoms with Gasteiger partial charge in [0.25, 0.3) is 0 Å². The first-order valence-electron chi connectivity index (χ1n) is 10.2. The predicted octanol–water partition coefficient (Wildman–Crippen LogP) is 4.33. The van der Waals surface area contributed by atoms with Crippen molar-refractivity contribution in [3.63, 3.8) is 0 Å². The van der Waals surface area contributed by atoms with Crippen LogP contribution in [-0.4, -0.2) is 42.9 Å². The van der Waals surface area contributed by atoms with Crippen LogP contribution in [0.4, 0.5) is 4.39 Å². The highest BCUT2D eigenvalue weighted by molar-refractivity contribution is 5.77. The van der Waals surface area contributed by atoms with Gasteiger partial charge in [-0.1, -0.05) is 36.4 Å². The number of benzene rings is 2. The van der Waals surface area contributed by atoms with Crippen LogP contribution in [-0.2, 0) is 16.8 Å². The summed E-state index contributed by atoms with van der Waals surface area (Å²) >= 11 is 0. The van der Waals surface area contributed by atoms with Gasteiger partial charge in [-0.3, -0.25) is 9.69 Å². The molecule has 1 saturated heterocycles. The Morgan fingerprint density at radius 1 is 1.11 bits per heavy atom. The highest BCUT2D eigenvalue weighted by atomic mass is 19.1. The first kappa shape index (κ1) is 19.1. The summed E-state index contributed by atoms with van der Waals surface area (Å²) in [6.45, 7) is 2.96. The third-order valence-corrected chi connectivity index (χ3v) is 6.66. The molecule has 1 aliphatic heterocycles. The van der Waals surface area contributed by atoms with E-state index in [2.05, 4.69) is 29.2 Å². The maximum atomic E-state index is 13.1. The Balaban J connectivity index is 1.47. The quantitative estimate of drug-likeness (QED) is 0.788. The zero-order valence-electron chi connectivity index (χ0n) is 16.8. The molecule has 2 aliphatic rings. The number of halogens is 1. The highest BCUT2D eigenvalue weighted by Crippen LogP contribution is 2.52. The second kappa shape index (κ2) is 7.67. The standard InChI is InChI=1S/C24H29FN2O/c1-26(2)23(28)15-19-16-24(22-6-4-3-5-21(19)22)11-13-27(14-12-24)17-18-7-9-20(25)10-8-18/h3-10,19H,11-17H2,1-2H3/t19-/m1/s1. The molecule has 0 radical (unpaired) electrons. The lowest BCUT2D eigenvalue weighted by Gasteiger charge is -2.40. The van der Waals surface area contributed by atoms with Crippen molar-refractivity contribution in [3.8, 4) is 0 Å². The molecule has 1 spiro atoms. The molecule has 0 unspecified atom stereocenters. The van der Waals surface area contributed by atoms with Crippen molar-refractivity contribution in [2.45, 2.75) is 43.6 Å². The average Bonchev–Trinajstić information content (AvgIpc) is 2.99. The Kier molecular flexibility index (Phi) is 5.24. The van der Waals surface area contributed by atoms with Crippen molar-refractivity contribution in [2.24, 2.45) is 0 Å². The highest BCUT2D eigenvalue weighted by Gasteiger charge is 2.45. The SMILES string of the molecule is CN(C)C(=O)C[C@@H]1CC2(CCN(Cc3ccc(F)cc3)CC2)c2ccccc21. The van der Waals surface area contributed by atoms with Crippen LogP contribution in [0.3, 0.4) is 0 Å². The largest absolute Gasteiger partial charge is 0.349 e. The molecule has 4 heteroatoms. The van der Waals surface area contributed by atoms with Gasteiger partial charge in [0.15, 0.2) is 0 Å². The minimum atomic E-state index is -0.178. The van der Waals surface area contributed by atoms with E-state index in [1.54, 1.807) is 17.0 Å². The number of hydrogen-bond acceptors (Lipinski definition) is 2. The van der Waals surface area contributed by atoms with Gasteiger partial charge >= 0.3 is 0 Å². The van der Waals surface area contributed by atoms with E-state index in [0.717, 1.165) is 38.9 Å². The van der Waals surface area contributed by atoms with Crippen LogP contribution >= 0.6 is 0 Å². The Morgan fingerprint density at radius 3 is 2.46 bits per heavy atom. The number of piperidine rings is 1. The molecule has 1 aliphatic carbocycles. The summed E-state index contributed by atoms with van der Waals surface area (Å²) in [4.78, 5) is 16.5. The zero-order chi connectivity index (χ0) is 19.7. The number of carbonyl (C=O) groups is 1. The van der Waals surface area contributed by atoms with E-state index in [4.69, 9.17) is 0 Å². The Morgan fingerprint density at radius 2 is 1.79 bits per heavy atom. The van der Waals surface area contributed by atoms with Crippen molar-refractivity contribution in [1.29, 1.82) is 0 Å². The van der Waals surface area contributed by atoms with Crippen LogP contribution in [0.1, 0.15) is 48.3 Å². The molecular weight excluding hydrogens is 351 g/mol. The number of likely N-dealkylation sites (tertiary alicyclic amines) is 1. The number of rotatable bonds is 4. The van der Waals surface area contributed by atoms with Crippen LogP contribution in [0.15, 0.2) is 48.5 Å². The molecule has 3 nitrogen and oxygen atoms in total. The van der Waals surface area contributed by atoms with E-state index in [-0.39, 0.29) is 17.1 Å². The second-order valence-electron chi connectivity index (χ2n) is 8.66. The molecule has 4 rings (SSSR count). The van der Waals surface area contributed by atoms with Crippen molar-refractivity contribution in [2.75, 3.05) is 27.2 Å². The van der Waals surface area contributed by atoms with E-state index >= 15 is 0 Å². The van der Waals surface area contributed by atoms with Gasteiger partial charge in [-0.15, -0.1) is 0 Å². The topological polar surface area (TPSA) is 23.6 Å². The molecule has 0 aromatic heterocycles. The summed E-state index contributed by atoms with van der Waals surface area (Å²) in [5.74, 6) is 0.363. The van der Waals surface area contributed by atoms with Crippen molar-refractivity contribution in [3.05, 3.63) is 71.0 Å². The minimum absolute atomic E-state index is 0.178. The summed E-state index contributed by atoms with van der Waals surface area (Å²) in [6, 6.07) is 15.6. The first-order valence-corrected chi connectivity index (χ1v) is 10.2. The first-order chi connectivity index (χ1) is 13.5. The van der Waals surface area contributed by atoms with Crippen LogP contribution in [0.2, 0.25) is 0 Å². The molecule has 1 fully saturated rings. The number of carbonyl (C=O) groups excluding carboxylic acids is 1. The third kappa shape index (κ3) is 3.70.